The highest BCUT2D eigenvalue weighted by Crippen LogP contribution is 2.24. The Hall–Kier alpha value is -2.14. The Labute approximate surface area is 144 Å². The zero-order valence-electron chi connectivity index (χ0n) is 15.1. The second-order valence-corrected chi connectivity index (χ2v) is 6.28. The van der Waals surface area contributed by atoms with Crippen LogP contribution in [0, 0.1) is 13.8 Å². The molecular weight excluding hydrogens is 300 g/mol. The zero-order valence-corrected chi connectivity index (χ0v) is 15.1. The lowest BCUT2D eigenvalue weighted by atomic mass is 9.97. The van der Waals surface area contributed by atoms with Crippen LogP contribution in [0.25, 0.3) is 0 Å². The summed E-state index contributed by atoms with van der Waals surface area (Å²) in [7, 11) is 1.91. The van der Waals surface area contributed by atoms with Crippen LogP contribution in [0.15, 0.2) is 30.3 Å². The first-order chi connectivity index (χ1) is 11.5. The summed E-state index contributed by atoms with van der Waals surface area (Å²) in [6, 6.07) is 10.2. The first-order valence-electron chi connectivity index (χ1n) is 8.48. The number of nitrogens with zero attached hydrogens (tertiary/aromatic N) is 3. The van der Waals surface area contributed by atoms with Gasteiger partial charge in [0.05, 0.1) is 11.6 Å². The maximum Gasteiger partial charge on any atom is 0.230 e. The molecule has 0 bridgehead atoms. The van der Waals surface area contributed by atoms with Crippen LogP contribution >= 0.6 is 0 Å². The minimum Gasteiger partial charge on any atom is -0.341 e. The van der Waals surface area contributed by atoms with Gasteiger partial charge in [-0.3, -0.25) is 9.48 Å². The van der Waals surface area contributed by atoms with E-state index in [0.717, 1.165) is 23.4 Å². The van der Waals surface area contributed by atoms with Gasteiger partial charge in [-0.05, 0) is 32.8 Å². The van der Waals surface area contributed by atoms with E-state index in [1.165, 1.54) is 5.56 Å². The van der Waals surface area contributed by atoms with E-state index in [9.17, 15) is 4.79 Å². The van der Waals surface area contributed by atoms with Crippen molar-refractivity contribution >= 4 is 5.91 Å². The highest BCUT2D eigenvalue weighted by Gasteiger charge is 2.26. The second-order valence-electron chi connectivity index (χ2n) is 6.28. The third-order valence-corrected chi connectivity index (χ3v) is 4.59. The number of hydrogen-bond acceptors (Lipinski definition) is 3. The summed E-state index contributed by atoms with van der Waals surface area (Å²) in [5.74, 6) is -0.0865. The van der Waals surface area contributed by atoms with Gasteiger partial charge in [0, 0.05) is 37.9 Å². The first kappa shape index (κ1) is 18.2. The molecule has 5 heteroatoms. The fraction of sp³-hybridized carbons (Fsp3) is 0.474. The van der Waals surface area contributed by atoms with Gasteiger partial charge in [0.2, 0.25) is 5.91 Å². The molecule has 1 heterocycles. The minimum atomic E-state index is -0.207. The van der Waals surface area contributed by atoms with Crippen molar-refractivity contribution in [3.63, 3.8) is 0 Å². The Morgan fingerprint density at radius 2 is 1.92 bits per heavy atom. The molecule has 1 unspecified atom stereocenters. The van der Waals surface area contributed by atoms with Gasteiger partial charge in [0.15, 0.2) is 0 Å². The van der Waals surface area contributed by atoms with Crippen molar-refractivity contribution in [1.82, 2.24) is 14.7 Å². The Bertz CT molecular complexity index is 678. The number of nitrogens with two attached hydrogens (primary N) is 1. The molecule has 1 aromatic heterocycles. The van der Waals surface area contributed by atoms with E-state index in [1.54, 1.807) is 0 Å². The minimum absolute atomic E-state index is 0.121. The van der Waals surface area contributed by atoms with Crippen molar-refractivity contribution in [2.75, 3.05) is 19.6 Å². The number of carbonyl (C=O) groups excluding carboxylic acids is 1. The van der Waals surface area contributed by atoms with Crippen LogP contribution in [-0.4, -0.2) is 40.2 Å². The van der Waals surface area contributed by atoms with Gasteiger partial charge >= 0.3 is 0 Å². The number of aryl methyl sites for hydroxylation is 2. The van der Waals surface area contributed by atoms with Crippen molar-refractivity contribution < 1.29 is 4.79 Å². The molecule has 0 saturated heterocycles. The van der Waals surface area contributed by atoms with Crippen LogP contribution in [0.3, 0.4) is 0 Å². The number of hydrogen-bond donors (Lipinski definition) is 1. The normalized spacial score (nSPS) is 12.2. The van der Waals surface area contributed by atoms with E-state index in [2.05, 4.69) is 17.2 Å². The third-order valence-electron chi connectivity index (χ3n) is 4.59. The maximum atomic E-state index is 13.0. The molecular formula is C19H28N4O. The lowest BCUT2D eigenvalue weighted by Crippen LogP contribution is -2.39. The zero-order chi connectivity index (χ0) is 17.7. The van der Waals surface area contributed by atoms with E-state index < -0.39 is 0 Å². The Kier molecular flexibility index (Phi) is 6.15. The number of benzene rings is 1. The average molecular weight is 328 g/mol. The van der Waals surface area contributed by atoms with E-state index in [0.29, 0.717) is 19.6 Å². The monoisotopic (exact) mass is 328 g/mol. The topological polar surface area (TPSA) is 64.2 Å². The number of amides is 1. The molecule has 0 radical (unpaired) electrons. The molecule has 0 aliphatic rings. The van der Waals surface area contributed by atoms with E-state index in [1.807, 2.05) is 55.6 Å². The summed E-state index contributed by atoms with van der Waals surface area (Å²) in [5, 5.41) is 4.43. The van der Waals surface area contributed by atoms with Gasteiger partial charge < -0.3 is 10.6 Å². The van der Waals surface area contributed by atoms with Crippen molar-refractivity contribution in [2.45, 2.75) is 33.1 Å². The summed E-state index contributed by atoms with van der Waals surface area (Å²) in [6.07, 6.45) is 0.838. The molecule has 0 saturated carbocycles. The highest BCUT2D eigenvalue weighted by molar-refractivity contribution is 5.84. The maximum absolute atomic E-state index is 13.0. The summed E-state index contributed by atoms with van der Waals surface area (Å²) in [6.45, 7) is 7.67. The Morgan fingerprint density at radius 1 is 1.25 bits per heavy atom. The fourth-order valence-electron chi connectivity index (χ4n) is 3.21. The standard InChI is InChI=1S/C19H28N4O/c1-14(18-15(2)21-22(4)16(18)3)19(24)23(13-11-20)12-10-17-8-6-5-7-9-17/h5-9,14H,10-13,20H2,1-4H3. The molecule has 24 heavy (non-hydrogen) atoms. The fourth-order valence-corrected chi connectivity index (χ4v) is 3.21. The first-order valence-corrected chi connectivity index (χ1v) is 8.48. The van der Waals surface area contributed by atoms with E-state index in [4.69, 9.17) is 5.73 Å². The van der Waals surface area contributed by atoms with Gasteiger partial charge in [-0.1, -0.05) is 30.3 Å². The van der Waals surface area contributed by atoms with Crippen LogP contribution in [0.2, 0.25) is 0 Å². The van der Waals surface area contributed by atoms with Crippen molar-refractivity contribution in [1.29, 1.82) is 0 Å². The number of aromatic nitrogens is 2. The molecule has 2 rings (SSSR count). The van der Waals surface area contributed by atoms with Gasteiger partial charge in [0.25, 0.3) is 0 Å². The SMILES string of the molecule is Cc1nn(C)c(C)c1C(C)C(=O)N(CCN)CCc1ccccc1. The summed E-state index contributed by atoms with van der Waals surface area (Å²) < 4.78 is 1.84. The van der Waals surface area contributed by atoms with Gasteiger partial charge in [-0.2, -0.15) is 5.10 Å². The summed E-state index contributed by atoms with van der Waals surface area (Å²) in [4.78, 5) is 14.9. The summed E-state index contributed by atoms with van der Waals surface area (Å²) >= 11 is 0. The molecule has 130 valence electrons. The average Bonchev–Trinajstić information content (AvgIpc) is 2.83. The molecule has 2 N–H and O–H groups in total. The third kappa shape index (κ3) is 4.03. The van der Waals surface area contributed by atoms with Crippen LogP contribution < -0.4 is 5.73 Å². The predicted octanol–water partition coefficient (Wildman–Crippen LogP) is 2.17. The van der Waals surface area contributed by atoms with Gasteiger partial charge in [-0.25, -0.2) is 0 Å². The lowest BCUT2D eigenvalue weighted by Gasteiger charge is -2.26. The van der Waals surface area contributed by atoms with Crippen LogP contribution in [-0.2, 0) is 18.3 Å². The lowest BCUT2D eigenvalue weighted by molar-refractivity contribution is -0.132. The van der Waals surface area contributed by atoms with Crippen LogP contribution in [0.5, 0.6) is 0 Å². The molecule has 1 atom stereocenters. The van der Waals surface area contributed by atoms with Crippen LogP contribution in [0.4, 0.5) is 0 Å². The molecule has 5 nitrogen and oxygen atoms in total. The predicted molar refractivity (Wildman–Crippen MR) is 96.9 cm³/mol. The molecule has 2 aromatic rings. The van der Waals surface area contributed by atoms with E-state index >= 15 is 0 Å². The van der Waals surface area contributed by atoms with Crippen molar-refractivity contribution in [3.05, 3.63) is 52.8 Å². The largest absolute Gasteiger partial charge is 0.341 e. The Balaban J connectivity index is 2.12. The van der Waals surface area contributed by atoms with Gasteiger partial charge in [0.1, 0.15) is 0 Å². The molecule has 1 aromatic carbocycles. The highest BCUT2D eigenvalue weighted by atomic mass is 16.2. The summed E-state index contributed by atoms with van der Waals surface area (Å²) in [5.41, 5.74) is 9.96. The smallest absolute Gasteiger partial charge is 0.230 e. The van der Waals surface area contributed by atoms with Gasteiger partial charge in [-0.15, -0.1) is 0 Å². The number of rotatable bonds is 7. The number of carbonyl (C=O) groups is 1. The van der Waals surface area contributed by atoms with Crippen LogP contribution in [0.1, 0.15) is 35.4 Å². The Morgan fingerprint density at radius 3 is 2.46 bits per heavy atom. The molecule has 0 aliphatic heterocycles. The van der Waals surface area contributed by atoms with Crippen molar-refractivity contribution in [2.24, 2.45) is 12.8 Å². The quantitative estimate of drug-likeness (QED) is 0.847. The van der Waals surface area contributed by atoms with E-state index in [-0.39, 0.29) is 11.8 Å². The van der Waals surface area contributed by atoms with Crippen molar-refractivity contribution in [3.8, 4) is 0 Å². The molecule has 0 fully saturated rings. The second kappa shape index (κ2) is 8.11. The molecule has 0 aliphatic carbocycles. The molecule has 1 amide bonds. The molecule has 0 spiro atoms.